The highest BCUT2D eigenvalue weighted by Crippen LogP contribution is 2.32. The quantitative estimate of drug-likeness (QED) is 0.321. The van der Waals surface area contributed by atoms with Crippen molar-refractivity contribution in [2.24, 2.45) is 0 Å². The van der Waals surface area contributed by atoms with Gasteiger partial charge in [0.15, 0.2) is 0 Å². The molecular weight excluding hydrogens is 387 g/mol. The van der Waals surface area contributed by atoms with Gasteiger partial charge in [-0.25, -0.2) is 0 Å². The minimum atomic E-state index is -4.71. The first-order chi connectivity index (χ1) is 12.3. The summed E-state index contributed by atoms with van der Waals surface area (Å²) in [5.41, 5.74) is -2.39. The largest absolute Gasteiger partial charge is 0.416 e. The van der Waals surface area contributed by atoms with Crippen molar-refractivity contribution in [1.29, 1.82) is 0 Å². The van der Waals surface area contributed by atoms with Gasteiger partial charge in [-0.2, -0.15) is 13.2 Å². The summed E-state index contributed by atoms with van der Waals surface area (Å²) in [7, 11) is 0. The highest BCUT2D eigenvalue weighted by molar-refractivity contribution is 5.98. The summed E-state index contributed by atoms with van der Waals surface area (Å²) in [5, 5.41) is 16.9. The van der Waals surface area contributed by atoms with Gasteiger partial charge < -0.3 is 10.6 Å². The molecule has 1 aromatic rings. The number of nitrogens with zero attached hydrogens (tertiary/aromatic N) is 1. The lowest BCUT2D eigenvalue weighted by Crippen LogP contribution is -2.37. The van der Waals surface area contributed by atoms with E-state index in [4.69, 9.17) is 0 Å². The second kappa shape index (κ2) is 10.5. The summed E-state index contributed by atoms with van der Waals surface area (Å²) in [6.45, 7) is 0.748. The maximum Gasteiger partial charge on any atom is 0.416 e. The van der Waals surface area contributed by atoms with E-state index >= 15 is 0 Å². The van der Waals surface area contributed by atoms with Crippen molar-refractivity contribution >= 4 is 24.0 Å². The zero-order chi connectivity index (χ0) is 19.2. The van der Waals surface area contributed by atoms with Crippen LogP contribution < -0.4 is 10.6 Å². The standard InChI is InChI=1S/C17H22F3N3O3.ClH/c18-17(19,20)12-7-8-14(15(11-12)23(25)26)16(24)22-10-9-21-13-5-3-1-2-4-6-13;/h7-8,11,13,21H,1-6,9-10H2,(H,22,24);1H. The van der Waals surface area contributed by atoms with E-state index in [-0.39, 0.29) is 24.5 Å². The molecule has 1 aliphatic carbocycles. The molecule has 2 N–H and O–H groups in total. The predicted octanol–water partition coefficient (Wildman–Crippen LogP) is 4.08. The number of halogens is 4. The van der Waals surface area contributed by atoms with Crippen LogP contribution in [-0.2, 0) is 6.18 Å². The molecule has 1 amide bonds. The van der Waals surface area contributed by atoms with Gasteiger partial charge in [0.1, 0.15) is 5.56 Å². The third kappa shape index (κ3) is 6.99. The number of carbonyl (C=O) groups excluding carboxylic acids is 1. The number of nitro groups is 1. The third-order valence-electron chi connectivity index (χ3n) is 4.47. The normalized spacial score (nSPS) is 15.5. The molecule has 1 aliphatic rings. The summed E-state index contributed by atoms with van der Waals surface area (Å²) in [6.07, 6.45) is 2.25. The fourth-order valence-electron chi connectivity index (χ4n) is 3.08. The minimum absolute atomic E-state index is 0. The fourth-order valence-corrected chi connectivity index (χ4v) is 3.08. The Kier molecular flexibility index (Phi) is 8.98. The van der Waals surface area contributed by atoms with Crippen molar-refractivity contribution in [2.45, 2.75) is 50.7 Å². The number of nitrogens with one attached hydrogen (secondary N) is 2. The molecule has 0 aliphatic heterocycles. The molecule has 0 spiro atoms. The average molecular weight is 410 g/mol. The number of alkyl halides is 3. The molecule has 1 fully saturated rings. The van der Waals surface area contributed by atoms with E-state index in [9.17, 15) is 28.1 Å². The summed E-state index contributed by atoms with van der Waals surface area (Å²) >= 11 is 0. The number of hydrogen-bond acceptors (Lipinski definition) is 4. The van der Waals surface area contributed by atoms with Crippen LogP contribution in [-0.4, -0.2) is 30.0 Å². The SMILES string of the molecule is Cl.O=C(NCCNC1CCCCCC1)c1ccc(C(F)(F)F)cc1[N+](=O)[O-]. The number of nitro benzene ring substituents is 1. The van der Waals surface area contributed by atoms with Crippen LogP contribution in [0.4, 0.5) is 18.9 Å². The van der Waals surface area contributed by atoms with E-state index in [0.717, 1.165) is 18.9 Å². The maximum atomic E-state index is 12.7. The van der Waals surface area contributed by atoms with Crippen LogP contribution in [0.1, 0.15) is 54.4 Å². The smallest absolute Gasteiger partial charge is 0.351 e. The maximum absolute atomic E-state index is 12.7. The second-order valence-corrected chi connectivity index (χ2v) is 6.39. The van der Waals surface area contributed by atoms with E-state index in [0.29, 0.717) is 24.7 Å². The van der Waals surface area contributed by atoms with E-state index in [1.165, 1.54) is 25.7 Å². The topological polar surface area (TPSA) is 84.3 Å². The van der Waals surface area contributed by atoms with Gasteiger partial charge in [0.25, 0.3) is 11.6 Å². The van der Waals surface area contributed by atoms with Gasteiger partial charge >= 0.3 is 6.18 Å². The van der Waals surface area contributed by atoms with Gasteiger partial charge in [0.2, 0.25) is 0 Å². The Hall–Kier alpha value is -1.87. The van der Waals surface area contributed by atoms with Crippen LogP contribution in [0, 0.1) is 10.1 Å². The molecule has 0 unspecified atom stereocenters. The van der Waals surface area contributed by atoms with Crippen molar-refractivity contribution in [3.8, 4) is 0 Å². The van der Waals surface area contributed by atoms with E-state index in [1.54, 1.807) is 0 Å². The van der Waals surface area contributed by atoms with Gasteiger partial charge in [-0.1, -0.05) is 25.7 Å². The summed E-state index contributed by atoms with van der Waals surface area (Å²) in [4.78, 5) is 22.2. The summed E-state index contributed by atoms with van der Waals surface area (Å²) in [6, 6.07) is 2.30. The van der Waals surface area contributed by atoms with Gasteiger partial charge in [-0.05, 0) is 25.0 Å². The summed E-state index contributed by atoms with van der Waals surface area (Å²) < 4.78 is 38.1. The number of hydrogen-bond donors (Lipinski definition) is 2. The number of amides is 1. The van der Waals surface area contributed by atoms with Crippen molar-refractivity contribution < 1.29 is 22.9 Å². The molecular formula is C17H23ClF3N3O3. The molecule has 0 bridgehead atoms. The zero-order valence-electron chi connectivity index (χ0n) is 14.7. The number of rotatable bonds is 6. The Labute approximate surface area is 161 Å². The van der Waals surface area contributed by atoms with Gasteiger partial charge in [0.05, 0.1) is 10.5 Å². The molecule has 0 heterocycles. The van der Waals surface area contributed by atoms with Crippen molar-refractivity contribution in [3.63, 3.8) is 0 Å². The van der Waals surface area contributed by atoms with E-state index in [2.05, 4.69) is 10.6 Å². The molecule has 0 atom stereocenters. The monoisotopic (exact) mass is 409 g/mol. The van der Waals surface area contributed by atoms with Gasteiger partial charge in [-0.15, -0.1) is 12.4 Å². The minimum Gasteiger partial charge on any atom is -0.351 e. The van der Waals surface area contributed by atoms with E-state index in [1.807, 2.05) is 0 Å². The Bertz CT molecular complexity index is 648. The molecule has 1 aromatic carbocycles. The molecule has 6 nitrogen and oxygen atoms in total. The molecule has 10 heteroatoms. The van der Waals surface area contributed by atoms with Gasteiger partial charge in [0, 0.05) is 25.2 Å². The van der Waals surface area contributed by atoms with Crippen LogP contribution >= 0.6 is 12.4 Å². The lowest BCUT2D eigenvalue weighted by molar-refractivity contribution is -0.385. The van der Waals surface area contributed by atoms with Gasteiger partial charge in [-0.3, -0.25) is 14.9 Å². The van der Waals surface area contributed by atoms with E-state index < -0.39 is 28.3 Å². The molecule has 0 aromatic heterocycles. The van der Waals surface area contributed by atoms with Crippen LogP contribution in [0.25, 0.3) is 0 Å². The molecule has 0 radical (unpaired) electrons. The van der Waals surface area contributed by atoms with Crippen molar-refractivity contribution in [3.05, 3.63) is 39.4 Å². The molecule has 2 rings (SSSR count). The second-order valence-electron chi connectivity index (χ2n) is 6.39. The highest BCUT2D eigenvalue weighted by Gasteiger charge is 2.33. The highest BCUT2D eigenvalue weighted by atomic mass is 35.5. The average Bonchev–Trinajstić information content (AvgIpc) is 2.86. The first kappa shape index (κ1) is 23.2. The summed E-state index contributed by atoms with van der Waals surface area (Å²) in [5.74, 6) is -0.756. The molecule has 27 heavy (non-hydrogen) atoms. The predicted molar refractivity (Wildman–Crippen MR) is 97.2 cm³/mol. The zero-order valence-corrected chi connectivity index (χ0v) is 15.5. The Morgan fingerprint density at radius 3 is 2.33 bits per heavy atom. The van der Waals surface area contributed by atoms with Crippen LogP contribution in [0.5, 0.6) is 0 Å². The Morgan fingerprint density at radius 2 is 1.78 bits per heavy atom. The van der Waals surface area contributed by atoms with Crippen molar-refractivity contribution in [1.82, 2.24) is 10.6 Å². The Morgan fingerprint density at radius 1 is 1.15 bits per heavy atom. The first-order valence-corrected chi connectivity index (χ1v) is 8.66. The molecule has 1 saturated carbocycles. The van der Waals surface area contributed by atoms with Crippen molar-refractivity contribution in [2.75, 3.05) is 13.1 Å². The number of benzene rings is 1. The van der Waals surface area contributed by atoms with Crippen LogP contribution in [0.2, 0.25) is 0 Å². The first-order valence-electron chi connectivity index (χ1n) is 8.66. The Balaban J connectivity index is 0.00000364. The van der Waals surface area contributed by atoms with Crippen LogP contribution in [0.15, 0.2) is 18.2 Å². The third-order valence-corrected chi connectivity index (χ3v) is 4.47. The van der Waals surface area contributed by atoms with Crippen LogP contribution in [0.3, 0.4) is 0 Å². The fraction of sp³-hybridized carbons (Fsp3) is 0.588. The number of carbonyl (C=O) groups is 1. The molecule has 152 valence electrons. The molecule has 0 saturated heterocycles. The lowest BCUT2D eigenvalue weighted by atomic mass is 10.1. The lowest BCUT2D eigenvalue weighted by Gasteiger charge is -2.16.